The van der Waals surface area contributed by atoms with E-state index in [1.165, 1.54) is 38.5 Å². The SMILES string of the molecule is CC1CC(NC(=O)NC23CC4CC(CC(C4)C2)C3)CCN1. The first-order valence-corrected chi connectivity index (χ1v) is 8.92. The van der Waals surface area contributed by atoms with Gasteiger partial charge in [0.05, 0.1) is 0 Å². The van der Waals surface area contributed by atoms with Gasteiger partial charge in [0, 0.05) is 17.6 Å². The van der Waals surface area contributed by atoms with Crippen LogP contribution in [0.25, 0.3) is 0 Å². The Labute approximate surface area is 127 Å². The molecule has 2 amide bonds. The molecule has 0 aromatic heterocycles. The van der Waals surface area contributed by atoms with Crippen molar-refractivity contribution >= 4 is 6.03 Å². The van der Waals surface area contributed by atoms with Crippen molar-refractivity contribution in [3.05, 3.63) is 0 Å². The fraction of sp³-hybridized carbons (Fsp3) is 0.941. The zero-order valence-electron chi connectivity index (χ0n) is 13.2. The summed E-state index contributed by atoms with van der Waals surface area (Å²) in [6, 6.07) is 0.954. The molecule has 0 spiro atoms. The molecule has 0 radical (unpaired) electrons. The third-order valence-corrected chi connectivity index (χ3v) is 6.38. The minimum Gasteiger partial charge on any atom is -0.335 e. The first-order chi connectivity index (χ1) is 10.1. The van der Waals surface area contributed by atoms with Crippen molar-refractivity contribution < 1.29 is 4.79 Å². The first kappa shape index (κ1) is 13.9. The number of carbonyl (C=O) groups excluding carboxylic acids is 1. The van der Waals surface area contributed by atoms with Crippen LogP contribution in [0, 0.1) is 17.8 Å². The van der Waals surface area contributed by atoms with Crippen LogP contribution in [0.3, 0.4) is 0 Å². The smallest absolute Gasteiger partial charge is 0.315 e. The van der Waals surface area contributed by atoms with E-state index in [1.54, 1.807) is 0 Å². The van der Waals surface area contributed by atoms with Crippen LogP contribution in [0.1, 0.15) is 58.3 Å². The van der Waals surface area contributed by atoms with Crippen molar-refractivity contribution in [2.45, 2.75) is 75.9 Å². The van der Waals surface area contributed by atoms with E-state index < -0.39 is 0 Å². The van der Waals surface area contributed by atoms with Crippen molar-refractivity contribution in [1.29, 1.82) is 0 Å². The summed E-state index contributed by atoms with van der Waals surface area (Å²) in [4.78, 5) is 12.5. The predicted molar refractivity (Wildman–Crippen MR) is 83.1 cm³/mol. The number of hydrogen-bond donors (Lipinski definition) is 3. The molecule has 3 N–H and O–H groups in total. The maximum Gasteiger partial charge on any atom is 0.315 e. The Morgan fingerprint density at radius 1 is 1.05 bits per heavy atom. The van der Waals surface area contributed by atoms with Crippen molar-refractivity contribution in [2.75, 3.05) is 6.54 Å². The number of hydrogen-bond acceptors (Lipinski definition) is 2. The van der Waals surface area contributed by atoms with E-state index in [0.29, 0.717) is 12.1 Å². The quantitative estimate of drug-likeness (QED) is 0.732. The summed E-state index contributed by atoms with van der Waals surface area (Å²) >= 11 is 0. The minimum absolute atomic E-state index is 0.0936. The number of piperidine rings is 1. The highest BCUT2D eigenvalue weighted by Gasteiger charge is 2.51. The molecule has 1 heterocycles. The molecule has 5 aliphatic rings. The molecule has 21 heavy (non-hydrogen) atoms. The summed E-state index contributed by atoms with van der Waals surface area (Å²) in [5.74, 6) is 2.65. The largest absolute Gasteiger partial charge is 0.335 e. The molecule has 4 heteroatoms. The van der Waals surface area contributed by atoms with E-state index in [2.05, 4.69) is 22.9 Å². The van der Waals surface area contributed by atoms with E-state index >= 15 is 0 Å². The van der Waals surface area contributed by atoms with Crippen molar-refractivity contribution in [3.63, 3.8) is 0 Å². The third-order valence-electron chi connectivity index (χ3n) is 6.38. The Bertz CT molecular complexity index is 387. The van der Waals surface area contributed by atoms with Crippen LogP contribution in [0.4, 0.5) is 4.79 Å². The van der Waals surface area contributed by atoms with Gasteiger partial charge in [0.2, 0.25) is 0 Å². The van der Waals surface area contributed by atoms with Gasteiger partial charge in [0.25, 0.3) is 0 Å². The summed E-state index contributed by atoms with van der Waals surface area (Å²) in [5.41, 5.74) is 0.136. The molecule has 2 unspecified atom stereocenters. The molecule has 5 rings (SSSR count). The number of amides is 2. The van der Waals surface area contributed by atoms with Gasteiger partial charge in [-0.25, -0.2) is 4.79 Å². The van der Waals surface area contributed by atoms with Gasteiger partial charge in [0.15, 0.2) is 0 Å². The Hall–Kier alpha value is -0.770. The summed E-state index contributed by atoms with van der Waals surface area (Å²) in [6.07, 6.45) is 10.1. The average molecular weight is 291 g/mol. The molecule has 1 aliphatic heterocycles. The lowest BCUT2D eigenvalue weighted by atomic mass is 9.53. The second kappa shape index (κ2) is 5.15. The topological polar surface area (TPSA) is 53.2 Å². The monoisotopic (exact) mass is 291 g/mol. The Morgan fingerprint density at radius 2 is 1.67 bits per heavy atom. The average Bonchev–Trinajstić information content (AvgIpc) is 2.35. The van der Waals surface area contributed by atoms with Gasteiger partial charge >= 0.3 is 6.03 Å². The maximum absolute atomic E-state index is 12.5. The zero-order valence-corrected chi connectivity index (χ0v) is 13.2. The van der Waals surface area contributed by atoms with E-state index in [9.17, 15) is 4.79 Å². The number of urea groups is 1. The van der Waals surface area contributed by atoms with E-state index in [4.69, 9.17) is 0 Å². The molecule has 0 aromatic rings. The van der Waals surface area contributed by atoms with Gasteiger partial charge in [-0.1, -0.05) is 0 Å². The fourth-order valence-corrected chi connectivity index (χ4v) is 5.99. The molecule has 4 saturated carbocycles. The molecule has 118 valence electrons. The second-order valence-electron chi connectivity index (χ2n) is 8.37. The molecule has 2 atom stereocenters. The van der Waals surface area contributed by atoms with E-state index in [-0.39, 0.29) is 11.6 Å². The Morgan fingerprint density at radius 3 is 2.24 bits per heavy atom. The summed E-state index contributed by atoms with van der Waals surface area (Å²) in [5, 5.41) is 10.1. The minimum atomic E-state index is 0.0936. The molecular formula is C17H29N3O. The molecule has 5 fully saturated rings. The molecular weight excluding hydrogens is 262 g/mol. The number of nitrogens with one attached hydrogen (secondary N) is 3. The van der Waals surface area contributed by atoms with Gasteiger partial charge in [-0.05, 0) is 82.6 Å². The summed E-state index contributed by atoms with van der Waals surface area (Å²) in [6.45, 7) is 3.22. The molecule has 4 aliphatic carbocycles. The van der Waals surface area contributed by atoms with Crippen LogP contribution in [0.15, 0.2) is 0 Å². The van der Waals surface area contributed by atoms with Gasteiger partial charge < -0.3 is 16.0 Å². The van der Waals surface area contributed by atoms with Crippen LogP contribution < -0.4 is 16.0 Å². The third kappa shape index (κ3) is 2.79. The molecule has 4 nitrogen and oxygen atoms in total. The lowest BCUT2D eigenvalue weighted by Gasteiger charge is -2.56. The van der Waals surface area contributed by atoms with Crippen LogP contribution in [0.2, 0.25) is 0 Å². The highest BCUT2D eigenvalue weighted by atomic mass is 16.2. The number of rotatable bonds is 2. The van der Waals surface area contributed by atoms with E-state index in [1.807, 2.05) is 0 Å². The normalized spacial score (nSPS) is 48.1. The maximum atomic E-state index is 12.5. The highest BCUT2D eigenvalue weighted by molar-refractivity contribution is 5.75. The highest BCUT2D eigenvalue weighted by Crippen LogP contribution is 2.55. The van der Waals surface area contributed by atoms with Gasteiger partial charge in [-0.2, -0.15) is 0 Å². The fourth-order valence-electron chi connectivity index (χ4n) is 5.99. The van der Waals surface area contributed by atoms with Crippen LogP contribution in [0.5, 0.6) is 0 Å². The first-order valence-electron chi connectivity index (χ1n) is 8.92. The second-order valence-corrected chi connectivity index (χ2v) is 8.37. The van der Waals surface area contributed by atoms with Crippen LogP contribution in [-0.4, -0.2) is 30.2 Å². The van der Waals surface area contributed by atoms with Crippen LogP contribution >= 0.6 is 0 Å². The lowest BCUT2D eigenvalue weighted by molar-refractivity contribution is -0.0137. The van der Waals surface area contributed by atoms with Gasteiger partial charge in [0.1, 0.15) is 0 Å². The molecule has 0 aromatic carbocycles. The zero-order chi connectivity index (χ0) is 14.4. The Kier molecular flexibility index (Phi) is 3.40. The van der Waals surface area contributed by atoms with Crippen molar-refractivity contribution in [2.24, 2.45) is 17.8 Å². The molecule has 4 bridgehead atoms. The standard InChI is InChI=1S/C17H29N3O/c1-11-4-15(2-3-18-11)19-16(21)20-17-8-12-5-13(9-17)7-14(6-12)10-17/h11-15,18H,2-10H2,1H3,(H2,19,20,21). The molecule has 1 saturated heterocycles. The predicted octanol–water partition coefficient (Wildman–Crippen LogP) is 2.39. The van der Waals surface area contributed by atoms with Crippen molar-refractivity contribution in [3.8, 4) is 0 Å². The summed E-state index contributed by atoms with van der Waals surface area (Å²) in [7, 11) is 0. The summed E-state index contributed by atoms with van der Waals surface area (Å²) < 4.78 is 0. The number of carbonyl (C=O) groups is 1. The van der Waals surface area contributed by atoms with Crippen LogP contribution in [-0.2, 0) is 0 Å². The van der Waals surface area contributed by atoms with Crippen molar-refractivity contribution in [1.82, 2.24) is 16.0 Å². The Balaban J connectivity index is 1.36. The van der Waals surface area contributed by atoms with Gasteiger partial charge in [-0.3, -0.25) is 0 Å². The van der Waals surface area contributed by atoms with E-state index in [0.717, 1.165) is 37.1 Å². The lowest BCUT2D eigenvalue weighted by Crippen LogP contribution is -2.62. The van der Waals surface area contributed by atoms with Gasteiger partial charge in [-0.15, -0.1) is 0 Å².